The van der Waals surface area contributed by atoms with Crippen LogP contribution in [0, 0.1) is 6.92 Å². The number of likely N-dealkylation sites (tertiary alicyclic amines) is 2. The molecule has 0 spiro atoms. The summed E-state index contributed by atoms with van der Waals surface area (Å²) in [4.78, 5) is 31.5. The first-order chi connectivity index (χ1) is 18.8. The van der Waals surface area contributed by atoms with E-state index in [2.05, 4.69) is 44.2 Å². The molecule has 1 aromatic heterocycles. The number of amides is 1. The molecule has 3 heterocycles. The largest absolute Gasteiger partial charge is 0.507 e. The molecule has 2 aliphatic rings. The summed E-state index contributed by atoms with van der Waals surface area (Å²) >= 11 is 0. The molecule has 208 valence electrons. The van der Waals surface area contributed by atoms with Crippen molar-refractivity contribution in [1.29, 1.82) is 0 Å². The highest BCUT2D eigenvalue weighted by molar-refractivity contribution is 6.10. The second kappa shape index (κ2) is 11.3. The van der Waals surface area contributed by atoms with E-state index < -0.39 is 0 Å². The van der Waals surface area contributed by atoms with Gasteiger partial charge in [-0.05, 0) is 84.8 Å². The van der Waals surface area contributed by atoms with E-state index in [1.165, 1.54) is 25.0 Å². The Hall–Kier alpha value is -3.50. The summed E-state index contributed by atoms with van der Waals surface area (Å²) in [6.07, 6.45) is 7.97. The zero-order valence-electron chi connectivity index (χ0n) is 22.9. The first-order valence-corrected chi connectivity index (χ1v) is 13.8. The zero-order valence-corrected chi connectivity index (χ0v) is 22.9. The van der Waals surface area contributed by atoms with Crippen molar-refractivity contribution in [3.63, 3.8) is 0 Å². The Morgan fingerprint density at radius 3 is 2.31 bits per heavy atom. The van der Waals surface area contributed by atoms with E-state index in [9.17, 15) is 20.1 Å². The van der Waals surface area contributed by atoms with E-state index in [-0.39, 0.29) is 56.3 Å². The fourth-order valence-electron chi connectivity index (χ4n) is 5.90. The molecule has 0 saturated carbocycles. The fraction of sp³-hybridized carbons (Fsp3) is 0.517. The van der Waals surface area contributed by atoms with Crippen LogP contribution in [0.1, 0.15) is 60.0 Å². The van der Waals surface area contributed by atoms with Crippen molar-refractivity contribution in [2.75, 3.05) is 40.3 Å². The third kappa shape index (κ3) is 5.35. The first kappa shape index (κ1) is 27.1. The number of phenols is 3. The maximum atomic E-state index is 13.1. The highest BCUT2D eigenvalue weighted by Crippen LogP contribution is 2.39. The molecule has 2 unspecified atom stereocenters. The van der Waals surface area contributed by atoms with E-state index in [4.69, 9.17) is 0 Å². The van der Waals surface area contributed by atoms with Gasteiger partial charge in [-0.25, -0.2) is 9.97 Å². The lowest BCUT2D eigenvalue weighted by Crippen LogP contribution is -2.31. The molecule has 0 aliphatic carbocycles. The summed E-state index contributed by atoms with van der Waals surface area (Å²) in [6, 6.07) is 3.89. The second-order valence-electron chi connectivity index (χ2n) is 10.9. The molecule has 0 bridgehead atoms. The highest BCUT2D eigenvalue weighted by Gasteiger charge is 2.24. The smallest absolute Gasteiger partial charge is 0.253 e. The van der Waals surface area contributed by atoms with Gasteiger partial charge in [0.15, 0.2) is 0 Å². The summed E-state index contributed by atoms with van der Waals surface area (Å²) in [6.45, 7) is 4.88. The standard InChI is InChI=1S/C29H38N6O4/c1-17-27(37)21(16-30-12-10-18-6-4-14-34(18)2)24-26(28(17)38)33-23-20(8-9-22(36)25(23)32-24)29(39)31-13-11-19-7-5-15-35(19)3/h8-9,16,18-19,36-38H,4-7,10-15H2,1-3H3,(H,31,39)/b30-16+. The van der Waals surface area contributed by atoms with E-state index >= 15 is 0 Å². The number of carbonyl (C=O) groups excluding carboxylic acids is 1. The molecule has 1 amide bonds. The first-order valence-electron chi connectivity index (χ1n) is 13.8. The Labute approximate surface area is 228 Å². The molecule has 2 fully saturated rings. The minimum absolute atomic E-state index is 0.121. The van der Waals surface area contributed by atoms with Crippen LogP contribution >= 0.6 is 0 Å². The van der Waals surface area contributed by atoms with Gasteiger partial charge in [0.2, 0.25) is 0 Å². The molecule has 2 saturated heterocycles. The van der Waals surface area contributed by atoms with Crippen molar-refractivity contribution in [2.24, 2.45) is 4.99 Å². The molecular weight excluding hydrogens is 496 g/mol. The van der Waals surface area contributed by atoms with Crippen LogP contribution in [0.3, 0.4) is 0 Å². The molecule has 10 nitrogen and oxygen atoms in total. The average molecular weight is 535 g/mol. The third-order valence-corrected chi connectivity index (χ3v) is 8.41. The van der Waals surface area contributed by atoms with Gasteiger partial charge in [-0.15, -0.1) is 0 Å². The number of carbonyl (C=O) groups is 1. The number of aromatic nitrogens is 2. The van der Waals surface area contributed by atoms with E-state index in [0.29, 0.717) is 30.7 Å². The normalized spacial score (nSPS) is 20.6. The van der Waals surface area contributed by atoms with Gasteiger partial charge in [-0.1, -0.05) is 0 Å². The maximum absolute atomic E-state index is 13.1. The Morgan fingerprint density at radius 1 is 0.974 bits per heavy atom. The molecule has 2 aliphatic heterocycles. The lowest BCUT2D eigenvalue weighted by atomic mass is 10.0. The number of aromatic hydroxyl groups is 3. The summed E-state index contributed by atoms with van der Waals surface area (Å²) in [5, 5.41) is 35.3. The van der Waals surface area contributed by atoms with E-state index in [1.54, 1.807) is 13.1 Å². The number of benzene rings is 2. The Morgan fingerprint density at radius 2 is 1.64 bits per heavy atom. The summed E-state index contributed by atoms with van der Waals surface area (Å²) in [7, 11) is 4.23. The van der Waals surface area contributed by atoms with Crippen molar-refractivity contribution < 1.29 is 20.1 Å². The zero-order chi connectivity index (χ0) is 27.7. The van der Waals surface area contributed by atoms with Crippen molar-refractivity contribution in [3.8, 4) is 17.2 Å². The Balaban J connectivity index is 1.46. The van der Waals surface area contributed by atoms with Crippen molar-refractivity contribution in [1.82, 2.24) is 25.1 Å². The van der Waals surface area contributed by atoms with Gasteiger partial charge >= 0.3 is 0 Å². The quantitative estimate of drug-likeness (QED) is 0.255. The number of hydrogen-bond donors (Lipinski definition) is 4. The summed E-state index contributed by atoms with van der Waals surface area (Å²) in [5.41, 5.74) is 1.49. The van der Waals surface area contributed by atoms with Gasteiger partial charge in [-0.3, -0.25) is 9.79 Å². The number of nitrogens with one attached hydrogen (secondary N) is 1. The van der Waals surface area contributed by atoms with Crippen LogP contribution in [0.25, 0.3) is 22.1 Å². The minimum atomic E-state index is -0.317. The third-order valence-electron chi connectivity index (χ3n) is 8.41. The molecular formula is C29H38N6O4. The molecule has 3 aromatic rings. The number of aliphatic imine (C=N–C) groups is 1. The molecule has 0 radical (unpaired) electrons. The minimum Gasteiger partial charge on any atom is -0.507 e. The Kier molecular flexibility index (Phi) is 7.86. The van der Waals surface area contributed by atoms with Crippen LogP contribution in [0.15, 0.2) is 17.1 Å². The number of hydrogen-bond acceptors (Lipinski definition) is 9. The van der Waals surface area contributed by atoms with Crippen LogP contribution in [-0.2, 0) is 0 Å². The monoisotopic (exact) mass is 534 g/mol. The van der Waals surface area contributed by atoms with Crippen LogP contribution in [0.4, 0.5) is 0 Å². The van der Waals surface area contributed by atoms with Crippen LogP contribution in [0.5, 0.6) is 17.2 Å². The number of fused-ring (bicyclic) bond motifs is 2. The van der Waals surface area contributed by atoms with Crippen molar-refractivity contribution >= 4 is 34.2 Å². The SMILES string of the molecule is Cc1c(O)c(/C=N/CCC2CCCN2C)c2nc3c(O)ccc(C(=O)NCCC4CCCN4C)c3nc2c1O. The number of phenolic OH excluding ortho intramolecular Hbond substituents is 3. The van der Waals surface area contributed by atoms with Crippen LogP contribution < -0.4 is 5.32 Å². The van der Waals surface area contributed by atoms with Crippen molar-refractivity contribution in [2.45, 2.75) is 57.5 Å². The predicted molar refractivity (Wildman–Crippen MR) is 152 cm³/mol. The topological polar surface area (TPSA) is 134 Å². The van der Waals surface area contributed by atoms with E-state index in [1.807, 2.05) is 0 Å². The van der Waals surface area contributed by atoms with Crippen LogP contribution in [-0.4, -0.2) is 99.6 Å². The predicted octanol–water partition coefficient (Wildman–Crippen LogP) is 3.33. The summed E-state index contributed by atoms with van der Waals surface area (Å²) in [5.74, 6) is -0.820. The van der Waals surface area contributed by atoms with Gasteiger partial charge in [0.25, 0.3) is 5.91 Å². The molecule has 2 atom stereocenters. The average Bonchev–Trinajstić information content (AvgIpc) is 3.53. The molecule has 39 heavy (non-hydrogen) atoms. The number of rotatable bonds is 8. The molecule has 4 N–H and O–H groups in total. The lowest BCUT2D eigenvalue weighted by Gasteiger charge is -2.19. The second-order valence-corrected chi connectivity index (χ2v) is 10.9. The van der Waals surface area contributed by atoms with Crippen molar-refractivity contribution in [3.05, 3.63) is 28.8 Å². The van der Waals surface area contributed by atoms with Crippen LogP contribution in [0.2, 0.25) is 0 Å². The van der Waals surface area contributed by atoms with Gasteiger partial charge in [0, 0.05) is 37.0 Å². The molecule has 10 heteroatoms. The fourth-order valence-corrected chi connectivity index (χ4v) is 5.90. The number of nitrogens with zero attached hydrogens (tertiary/aromatic N) is 5. The maximum Gasteiger partial charge on any atom is 0.253 e. The van der Waals surface area contributed by atoms with Gasteiger partial charge < -0.3 is 30.4 Å². The highest BCUT2D eigenvalue weighted by atomic mass is 16.3. The van der Waals surface area contributed by atoms with E-state index in [0.717, 1.165) is 38.8 Å². The Bertz CT molecular complexity index is 1420. The lowest BCUT2D eigenvalue weighted by molar-refractivity contribution is 0.0951. The summed E-state index contributed by atoms with van der Waals surface area (Å²) < 4.78 is 0. The van der Waals surface area contributed by atoms with Gasteiger partial charge in [0.1, 0.15) is 39.3 Å². The van der Waals surface area contributed by atoms with Gasteiger partial charge in [-0.2, -0.15) is 0 Å². The molecule has 5 rings (SSSR count). The van der Waals surface area contributed by atoms with Gasteiger partial charge in [0.05, 0.1) is 11.1 Å². The molecule has 2 aromatic carbocycles.